The molecule has 34 heavy (non-hydrogen) atoms. The Morgan fingerprint density at radius 2 is 1.85 bits per heavy atom. The molecule has 0 aromatic heterocycles. The minimum absolute atomic E-state index is 0.0764. The summed E-state index contributed by atoms with van der Waals surface area (Å²) in [4.78, 5) is 12.8. The van der Waals surface area contributed by atoms with Crippen molar-refractivity contribution in [3.8, 4) is 17.2 Å². The summed E-state index contributed by atoms with van der Waals surface area (Å²) in [5.74, 6) is 2.09. The Labute approximate surface area is 207 Å². The third-order valence-corrected chi connectivity index (χ3v) is 6.32. The smallest absolute Gasteiger partial charge is 0.231 e. The van der Waals surface area contributed by atoms with E-state index >= 15 is 0 Å². The van der Waals surface area contributed by atoms with Gasteiger partial charge >= 0.3 is 0 Å². The molecule has 0 aliphatic carbocycles. The van der Waals surface area contributed by atoms with Gasteiger partial charge in [-0.05, 0) is 46.9 Å². The number of ketones is 1. The molecular formula is C28H25BrO5. The van der Waals surface area contributed by atoms with Crippen LogP contribution in [-0.4, -0.2) is 12.6 Å². The van der Waals surface area contributed by atoms with Crippen molar-refractivity contribution >= 4 is 27.8 Å². The van der Waals surface area contributed by atoms with Crippen molar-refractivity contribution in [3.63, 3.8) is 0 Å². The van der Waals surface area contributed by atoms with Gasteiger partial charge in [0, 0.05) is 21.7 Å². The number of benzene rings is 3. The van der Waals surface area contributed by atoms with Gasteiger partial charge in [0.25, 0.3) is 0 Å². The highest BCUT2D eigenvalue weighted by Crippen LogP contribution is 2.37. The summed E-state index contributed by atoms with van der Waals surface area (Å²) in [6.45, 7) is 7.57. The van der Waals surface area contributed by atoms with Crippen molar-refractivity contribution in [3.05, 3.63) is 92.6 Å². The number of hydrogen-bond donors (Lipinski definition) is 0. The molecule has 3 aromatic rings. The molecule has 0 atom stereocenters. The number of rotatable bonds is 4. The molecule has 174 valence electrons. The largest absolute Gasteiger partial charge is 0.489 e. The van der Waals surface area contributed by atoms with E-state index in [1.807, 2.05) is 24.3 Å². The molecule has 2 aliphatic heterocycles. The van der Waals surface area contributed by atoms with Gasteiger partial charge < -0.3 is 18.9 Å². The van der Waals surface area contributed by atoms with Gasteiger partial charge in [-0.2, -0.15) is 0 Å². The van der Waals surface area contributed by atoms with Gasteiger partial charge in [-0.3, -0.25) is 4.79 Å². The molecule has 5 rings (SSSR count). The lowest BCUT2D eigenvalue weighted by atomic mass is 9.86. The van der Waals surface area contributed by atoms with Gasteiger partial charge in [-0.1, -0.05) is 61.0 Å². The summed E-state index contributed by atoms with van der Waals surface area (Å²) in [5.41, 5.74) is 4.67. The predicted octanol–water partition coefficient (Wildman–Crippen LogP) is 6.81. The van der Waals surface area contributed by atoms with Gasteiger partial charge in [-0.15, -0.1) is 0 Å². The first-order chi connectivity index (χ1) is 16.3. The Kier molecular flexibility index (Phi) is 5.96. The number of allylic oxidation sites excluding steroid dienone is 1. The van der Waals surface area contributed by atoms with Crippen molar-refractivity contribution in [2.24, 2.45) is 0 Å². The molecule has 0 spiro atoms. The summed E-state index contributed by atoms with van der Waals surface area (Å²) in [5, 5.41) is 0. The Bertz CT molecular complexity index is 1290. The second-order valence-corrected chi connectivity index (χ2v) is 10.3. The van der Waals surface area contributed by atoms with Crippen molar-refractivity contribution < 1.29 is 23.7 Å². The highest BCUT2D eigenvalue weighted by atomic mass is 79.9. The maximum atomic E-state index is 12.8. The molecule has 0 radical (unpaired) electrons. The molecule has 0 unspecified atom stereocenters. The molecule has 0 saturated heterocycles. The SMILES string of the molecule is CC(C)(C)c1ccc(/C=C2\Oc3cc(OCc4cc(Br)cc5c4OCOC5)ccc3C2=O)cc1. The minimum atomic E-state index is -0.129. The second kappa shape index (κ2) is 8.93. The number of Topliss-reactive ketones (excluding diaryl/α,β-unsaturated/α-hetero) is 1. The van der Waals surface area contributed by atoms with Crippen LogP contribution in [0.2, 0.25) is 0 Å². The molecule has 0 bridgehead atoms. The van der Waals surface area contributed by atoms with Crippen molar-refractivity contribution in [2.75, 3.05) is 6.79 Å². The molecule has 5 nitrogen and oxygen atoms in total. The molecule has 0 amide bonds. The van der Waals surface area contributed by atoms with Gasteiger partial charge in [0.1, 0.15) is 23.9 Å². The summed E-state index contributed by atoms with van der Waals surface area (Å²) >= 11 is 3.53. The number of carbonyl (C=O) groups excluding carboxylic acids is 1. The molecule has 6 heteroatoms. The topological polar surface area (TPSA) is 54.0 Å². The highest BCUT2D eigenvalue weighted by molar-refractivity contribution is 9.10. The van der Waals surface area contributed by atoms with Gasteiger partial charge in [0.2, 0.25) is 5.78 Å². The van der Waals surface area contributed by atoms with E-state index in [1.165, 1.54) is 5.56 Å². The van der Waals surface area contributed by atoms with Crippen LogP contribution < -0.4 is 14.2 Å². The zero-order valence-electron chi connectivity index (χ0n) is 19.3. The first kappa shape index (κ1) is 22.7. The zero-order chi connectivity index (χ0) is 23.9. The van der Waals surface area contributed by atoms with E-state index in [0.717, 1.165) is 26.9 Å². The van der Waals surface area contributed by atoms with E-state index in [-0.39, 0.29) is 18.0 Å². The van der Waals surface area contributed by atoms with Crippen LogP contribution >= 0.6 is 15.9 Å². The number of halogens is 1. The highest BCUT2D eigenvalue weighted by Gasteiger charge is 2.28. The van der Waals surface area contributed by atoms with E-state index in [9.17, 15) is 4.79 Å². The van der Waals surface area contributed by atoms with Crippen molar-refractivity contribution in [1.29, 1.82) is 0 Å². The Balaban J connectivity index is 1.32. The van der Waals surface area contributed by atoms with E-state index in [1.54, 1.807) is 24.3 Å². The number of carbonyl (C=O) groups is 1. The number of ether oxygens (including phenoxy) is 4. The lowest BCUT2D eigenvalue weighted by molar-refractivity contribution is -0.0176. The molecule has 0 fully saturated rings. The maximum Gasteiger partial charge on any atom is 0.231 e. The molecule has 3 aromatic carbocycles. The average molecular weight is 521 g/mol. The summed E-state index contributed by atoms with van der Waals surface area (Å²) in [6.07, 6.45) is 1.78. The van der Waals surface area contributed by atoms with Crippen molar-refractivity contribution in [1.82, 2.24) is 0 Å². The summed E-state index contributed by atoms with van der Waals surface area (Å²) in [7, 11) is 0. The fraction of sp³-hybridized carbons (Fsp3) is 0.250. The predicted molar refractivity (Wildman–Crippen MR) is 133 cm³/mol. The Morgan fingerprint density at radius 3 is 2.62 bits per heavy atom. The van der Waals surface area contributed by atoms with Crippen molar-refractivity contribution in [2.45, 2.75) is 39.4 Å². The zero-order valence-corrected chi connectivity index (χ0v) is 20.9. The fourth-order valence-electron chi connectivity index (χ4n) is 4.01. The summed E-state index contributed by atoms with van der Waals surface area (Å²) in [6, 6.07) is 17.4. The van der Waals surface area contributed by atoms with Crippen LogP contribution in [0.1, 0.15) is 53.4 Å². The van der Waals surface area contributed by atoms with Crippen LogP contribution in [0, 0.1) is 0 Å². The van der Waals surface area contributed by atoms with Crippen LogP contribution in [0.25, 0.3) is 6.08 Å². The lowest BCUT2D eigenvalue weighted by Gasteiger charge is -2.21. The van der Waals surface area contributed by atoms with Gasteiger partial charge in [0.15, 0.2) is 12.6 Å². The molecule has 2 aliphatic rings. The third kappa shape index (κ3) is 4.61. The summed E-state index contributed by atoms with van der Waals surface area (Å²) < 4.78 is 23.9. The number of fused-ring (bicyclic) bond motifs is 2. The van der Waals surface area contributed by atoms with Gasteiger partial charge in [-0.25, -0.2) is 0 Å². The van der Waals surface area contributed by atoms with Gasteiger partial charge in [0.05, 0.1) is 12.2 Å². The third-order valence-electron chi connectivity index (χ3n) is 5.86. The number of hydrogen-bond acceptors (Lipinski definition) is 5. The first-order valence-electron chi connectivity index (χ1n) is 11.1. The van der Waals surface area contributed by atoms with E-state index < -0.39 is 0 Å². The van der Waals surface area contributed by atoms with Crippen LogP contribution in [0.4, 0.5) is 0 Å². The quantitative estimate of drug-likeness (QED) is 0.353. The minimum Gasteiger partial charge on any atom is -0.489 e. The molecule has 2 heterocycles. The van der Waals surface area contributed by atoms with Crippen LogP contribution in [0.3, 0.4) is 0 Å². The monoisotopic (exact) mass is 520 g/mol. The van der Waals surface area contributed by atoms with E-state index in [4.69, 9.17) is 18.9 Å². The molecular weight excluding hydrogens is 496 g/mol. The van der Waals surface area contributed by atoms with Crippen LogP contribution in [0.15, 0.2) is 64.8 Å². The van der Waals surface area contributed by atoms with Crippen LogP contribution in [0.5, 0.6) is 17.2 Å². The van der Waals surface area contributed by atoms with E-state index in [2.05, 4.69) is 48.8 Å². The first-order valence-corrected chi connectivity index (χ1v) is 11.9. The molecule has 0 N–H and O–H groups in total. The second-order valence-electron chi connectivity index (χ2n) is 9.42. The Hall–Kier alpha value is -3.09. The standard InChI is InChI=1S/C28H25BrO5/c1-28(2,3)20-6-4-17(5-7-20)10-25-26(30)23-9-8-22(13-24(23)34-25)32-15-19-12-21(29)11-18-14-31-16-33-27(18)19/h4-13H,14-16H2,1-3H3/b25-10-. The lowest BCUT2D eigenvalue weighted by Crippen LogP contribution is -2.14. The fourth-order valence-corrected chi connectivity index (χ4v) is 4.57. The van der Waals surface area contributed by atoms with Crippen LogP contribution in [-0.2, 0) is 23.4 Å². The normalized spacial score (nSPS) is 16.0. The average Bonchev–Trinajstić information content (AvgIpc) is 3.11. The molecule has 0 saturated carbocycles. The Morgan fingerprint density at radius 1 is 1.06 bits per heavy atom. The maximum absolute atomic E-state index is 12.8. The van der Waals surface area contributed by atoms with E-state index in [0.29, 0.717) is 36.0 Å².